The molecular formula is C9H12N2O2. The van der Waals surface area contributed by atoms with Gasteiger partial charge in [0.25, 0.3) is 0 Å². The third-order valence-corrected chi connectivity index (χ3v) is 1.50. The van der Waals surface area contributed by atoms with E-state index in [4.69, 9.17) is 16.2 Å². The summed E-state index contributed by atoms with van der Waals surface area (Å²) in [4.78, 5) is 10.4. The van der Waals surface area contributed by atoms with Crippen molar-refractivity contribution in [2.45, 2.75) is 6.42 Å². The zero-order valence-electron chi connectivity index (χ0n) is 7.19. The van der Waals surface area contributed by atoms with Gasteiger partial charge >= 0.3 is 0 Å². The second-order valence-electron chi connectivity index (χ2n) is 2.63. The van der Waals surface area contributed by atoms with Crippen molar-refractivity contribution in [2.24, 2.45) is 5.73 Å². The van der Waals surface area contributed by atoms with Crippen LogP contribution in [0.2, 0.25) is 0 Å². The van der Waals surface area contributed by atoms with E-state index in [0.717, 1.165) is 0 Å². The molecule has 0 spiro atoms. The standard InChI is InChI=1S/C9H12N2O2/c10-7-1-3-8(4-2-7)13-6-5-9(11)12/h1-4H,5-6,10H2,(H2,11,12). The highest BCUT2D eigenvalue weighted by Gasteiger charge is 1.95. The number of carbonyl (C=O) groups is 1. The van der Waals surface area contributed by atoms with Gasteiger partial charge in [-0.3, -0.25) is 4.79 Å². The van der Waals surface area contributed by atoms with Crippen LogP contribution in [0.3, 0.4) is 0 Å². The van der Waals surface area contributed by atoms with Gasteiger partial charge in [-0.05, 0) is 24.3 Å². The molecule has 4 heteroatoms. The maximum absolute atomic E-state index is 10.4. The van der Waals surface area contributed by atoms with Crippen LogP contribution in [0.5, 0.6) is 5.75 Å². The summed E-state index contributed by atoms with van der Waals surface area (Å²) in [5.74, 6) is 0.325. The number of anilines is 1. The molecule has 70 valence electrons. The van der Waals surface area contributed by atoms with Crippen LogP contribution in [0.4, 0.5) is 5.69 Å². The van der Waals surface area contributed by atoms with Crippen molar-refractivity contribution in [1.82, 2.24) is 0 Å². The van der Waals surface area contributed by atoms with Gasteiger partial charge in [-0.2, -0.15) is 0 Å². The van der Waals surface area contributed by atoms with Crippen LogP contribution in [0.25, 0.3) is 0 Å². The van der Waals surface area contributed by atoms with Gasteiger partial charge in [-0.1, -0.05) is 0 Å². The molecular weight excluding hydrogens is 168 g/mol. The molecule has 0 saturated heterocycles. The predicted octanol–water partition coefficient (Wildman–Crippen LogP) is 0.523. The molecule has 0 atom stereocenters. The van der Waals surface area contributed by atoms with Crippen molar-refractivity contribution in [3.05, 3.63) is 24.3 Å². The van der Waals surface area contributed by atoms with Gasteiger partial charge in [0, 0.05) is 5.69 Å². The summed E-state index contributed by atoms with van der Waals surface area (Å²) in [6.45, 7) is 0.305. The molecule has 1 aromatic rings. The van der Waals surface area contributed by atoms with Crippen molar-refractivity contribution in [3.63, 3.8) is 0 Å². The largest absolute Gasteiger partial charge is 0.493 e. The van der Waals surface area contributed by atoms with Crippen LogP contribution in [0.1, 0.15) is 6.42 Å². The number of amides is 1. The van der Waals surface area contributed by atoms with Gasteiger partial charge < -0.3 is 16.2 Å². The number of primary amides is 1. The van der Waals surface area contributed by atoms with Gasteiger partial charge in [0.15, 0.2) is 0 Å². The van der Waals surface area contributed by atoms with E-state index >= 15 is 0 Å². The van der Waals surface area contributed by atoms with E-state index in [-0.39, 0.29) is 12.3 Å². The Balaban J connectivity index is 2.37. The lowest BCUT2D eigenvalue weighted by Crippen LogP contribution is -2.14. The summed E-state index contributed by atoms with van der Waals surface area (Å²) in [7, 11) is 0. The van der Waals surface area contributed by atoms with Crippen LogP contribution in [0, 0.1) is 0 Å². The molecule has 0 heterocycles. The number of carbonyl (C=O) groups excluding carboxylic acids is 1. The van der Waals surface area contributed by atoms with E-state index in [1.807, 2.05) is 0 Å². The minimum Gasteiger partial charge on any atom is -0.493 e. The average Bonchev–Trinajstić information content (AvgIpc) is 2.08. The molecule has 0 radical (unpaired) electrons. The molecule has 0 fully saturated rings. The third kappa shape index (κ3) is 3.46. The molecule has 4 nitrogen and oxygen atoms in total. The van der Waals surface area contributed by atoms with Crippen molar-refractivity contribution < 1.29 is 9.53 Å². The monoisotopic (exact) mass is 180 g/mol. The zero-order valence-corrected chi connectivity index (χ0v) is 7.19. The van der Waals surface area contributed by atoms with E-state index in [1.54, 1.807) is 24.3 Å². The second kappa shape index (κ2) is 4.35. The number of rotatable bonds is 4. The van der Waals surface area contributed by atoms with Gasteiger partial charge in [0.05, 0.1) is 13.0 Å². The predicted molar refractivity (Wildman–Crippen MR) is 50.2 cm³/mol. The molecule has 0 aliphatic heterocycles. The molecule has 0 aromatic heterocycles. The molecule has 0 aliphatic carbocycles. The maximum atomic E-state index is 10.4. The Bertz CT molecular complexity index is 282. The fraction of sp³-hybridized carbons (Fsp3) is 0.222. The van der Waals surface area contributed by atoms with E-state index < -0.39 is 0 Å². The fourth-order valence-corrected chi connectivity index (χ4v) is 0.834. The SMILES string of the molecule is NC(=O)CCOc1ccc(N)cc1. The molecule has 1 rings (SSSR count). The molecule has 1 aromatic carbocycles. The Labute approximate surface area is 76.5 Å². The van der Waals surface area contributed by atoms with E-state index in [1.165, 1.54) is 0 Å². The molecule has 0 aliphatic rings. The minimum absolute atomic E-state index is 0.227. The average molecular weight is 180 g/mol. The van der Waals surface area contributed by atoms with Crippen molar-refractivity contribution in [2.75, 3.05) is 12.3 Å². The number of nitrogens with two attached hydrogens (primary N) is 2. The van der Waals surface area contributed by atoms with E-state index in [2.05, 4.69) is 0 Å². The Morgan fingerprint density at radius 2 is 1.92 bits per heavy atom. The van der Waals surface area contributed by atoms with E-state index in [0.29, 0.717) is 18.0 Å². The molecule has 1 amide bonds. The summed E-state index contributed by atoms with van der Waals surface area (Å²) >= 11 is 0. The summed E-state index contributed by atoms with van der Waals surface area (Å²) < 4.78 is 5.22. The normalized spacial score (nSPS) is 9.54. The first-order valence-electron chi connectivity index (χ1n) is 3.95. The van der Waals surface area contributed by atoms with Gasteiger partial charge in [0.1, 0.15) is 5.75 Å². The van der Waals surface area contributed by atoms with Gasteiger partial charge in [-0.15, -0.1) is 0 Å². The highest BCUT2D eigenvalue weighted by molar-refractivity contribution is 5.73. The van der Waals surface area contributed by atoms with Crippen molar-refractivity contribution >= 4 is 11.6 Å². The Morgan fingerprint density at radius 1 is 1.31 bits per heavy atom. The Hall–Kier alpha value is -1.71. The first-order chi connectivity index (χ1) is 6.18. The van der Waals surface area contributed by atoms with Gasteiger partial charge in [-0.25, -0.2) is 0 Å². The molecule has 13 heavy (non-hydrogen) atoms. The number of ether oxygens (including phenoxy) is 1. The van der Waals surface area contributed by atoms with Crippen LogP contribution < -0.4 is 16.2 Å². The topological polar surface area (TPSA) is 78.3 Å². The summed E-state index contributed by atoms with van der Waals surface area (Å²) in [5, 5.41) is 0. The van der Waals surface area contributed by atoms with Crippen LogP contribution in [-0.4, -0.2) is 12.5 Å². The smallest absolute Gasteiger partial charge is 0.220 e. The zero-order chi connectivity index (χ0) is 9.68. The highest BCUT2D eigenvalue weighted by atomic mass is 16.5. The van der Waals surface area contributed by atoms with Gasteiger partial charge in [0.2, 0.25) is 5.91 Å². The Morgan fingerprint density at radius 3 is 2.46 bits per heavy atom. The van der Waals surface area contributed by atoms with Crippen LogP contribution in [0.15, 0.2) is 24.3 Å². The molecule has 0 saturated carbocycles. The second-order valence-corrected chi connectivity index (χ2v) is 2.63. The number of hydrogen-bond donors (Lipinski definition) is 2. The third-order valence-electron chi connectivity index (χ3n) is 1.50. The minimum atomic E-state index is -0.365. The van der Waals surface area contributed by atoms with Crippen LogP contribution >= 0.6 is 0 Å². The highest BCUT2D eigenvalue weighted by Crippen LogP contribution is 2.12. The molecule has 4 N–H and O–H groups in total. The molecule has 0 unspecified atom stereocenters. The molecule has 0 bridgehead atoms. The summed E-state index contributed by atoms with van der Waals surface area (Å²) in [6, 6.07) is 6.96. The Kier molecular flexibility index (Phi) is 3.14. The number of nitrogen functional groups attached to an aromatic ring is 1. The summed E-state index contributed by atoms with van der Waals surface area (Å²) in [6.07, 6.45) is 0.227. The van der Waals surface area contributed by atoms with Crippen molar-refractivity contribution in [3.8, 4) is 5.75 Å². The summed E-state index contributed by atoms with van der Waals surface area (Å²) in [5.41, 5.74) is 11.1. The quantitative estimate of drug-likeness (QED) is 0.663. The first-order valence-corrected chi connectivity index (χ1v) is 3.95. The first kappa shape index (κ1) is 9.38. The van der Waals surface area contributed by atoms with E-state index in [9.17, 15) is 4.79 Å². The fourth-order valence-electron chi connectivity index (χ4n) is 0.834. The maximum Gasteiger partial charge on any atom is 0.220 e. The number of hydrogen-bond acceptors (Lipinski definition) is 3. The van der Waals surface area contributed by atoms with Crippen LogP contribution in [-0.2, 0) is 4.79 Å². The lowest BCUT2D eigenvalue weighted by atomic mass is 10.3. The lowest BCUT2D eigenvalue weighted by Gasteiger charge is -2.03. The van der Waals surface area contributed by atoms with Crippen molar-refractivity contribution in [1.29, 1.82) is 0 Å². The number of benzene rings is 1. The lowest BCUT2D eigenvalue weighted by molar-refractivity contribution is -0.118.